The van der Waals surface area contributed by atoms with Gasteiger partial charge in [0.25, 0.3) is 0 Å². The molecule has 0 saturated heterocycles. The Kier molecular flexibility index (Phi) is 14.2. The van der Waals surface area contributed by atoms with E-state index in [1.54, 1.807) is 12.2 Å². The number of nitrogens with one attached hydrogen (secondary N) is 2. The molecule has 8 heteroatoms. The number of aliphatic hydroxyl groups is 1. The number of hydrogen-bond donors (Lipinski definition) is 3. The molecule has 2 aromatic carbocycles. The van der Waals surface area contributed by atoms with E-state index in [9.17, 15) is 19.5 Å². The first-order valence-electron chi connectivity index (χ1n) is 15.1. The first kappa shape index (κ1) is 33.7. The highest BCUT2D eigenvalue weighted by Gasteiger charge is 2.35. The summed E-state index contributed by atoms with van der Waals surface area (Å²) in [5.74, 6) is -2.09. The normalized spacial score (nSPS) is 15.9. The standard InChI is InChI=1S/C35H46N2O6/c1-3-13-29(22-32(39)37-35(26-38)19-11-12-20-35)33(40)36-31(24-42-23-28-17-9-6-10-18-28)25-43-34(41)30(14-4-2)21-27-15-7-5-8-16-27/h3-10,15-18,29-31,38H,1-2,11-14,19-26H2,(H,36,40)(H,37,39)/t29-,30+,31-/m0/s1. The SMILES string of the molecule is C=CC[C@@H](CC(=O)NC1(CO)CCCC1)C(=O)N[C@@H](COCc1ccccc1)COC(=O)[C@H](CC=C)Cc1ccccc1. The summed E-state index contributed by atoms with van der Waals surface area (Å²) in [5.41, 5.74) is 1.38. The van der Waals surface area contributed by atoms with Crippen molar-refractivity contribution in [3.05, 3.63) is 97.1 Å². The van der Waals surface area contributed by atoms with Crippen LogP contribution in [0.3, 0.4) is 0 Å². The van der Waals surface area contributed by atoms with Crippen LogP contribution in [-0.2, 0) is 36.9 Å². The van der Waals surface area contributed by atoms with Crippen molar-refractivity contribution in [2.24, 2.45) is 11.8 Å². The van der Waals surface area contributed by atoms with E-state index < -0.39 is 23.4 Å². The predicted octanol–water partition coefficient (Wildman–Crippen LogP) is 4.67. The summed E-state index contributed by atoms with van der Waals surface area (Å²) in [6.45, 7) is 7.79. The maximum atomic E-state index is 13.4. The highest BCUT2D eigenvalue weighted by Crippen LogP contribution is 2.29. The van der Waals surface area contributed by atoms with Crippen LogP contribution in [0.4, 0.5) is 0 Å². The minimum Gasteiger partial charge on any atom is -0.463 e. The van der Waals surface area contributed by atoms with Crippen molar-refractivity contribution in [2.45, 2.75) is 69.6 Å². The van der Waals surface area contributed by atoms with Gasteiger partial charge in [-0.2, -0.15) is 0 Å². The quantitative estimate of drug-likeness (QED) is 0.162. The second-order valence-corrected chi connectivity index (χ2v) is 11.4. The average molecular weight is 591 g/mol. The minimum absolute atomic E-state index is 0.0462. The zero-order chi connectivity index (χ0) is 30.9. The number of amides is 2. The molecular weight excluding hydrogens is 544 g/mol. The number of esters is 1. The van der Waals surface area contributed by atoms with Crippen molar-refractivity contribution in [1.29, 1.82) is 0 Å². The predicted molar refractivity (Wildman–Crippen MR) is 167 cm³/mol. The van der Waals surface area contributed by atoms with Crippen molar-refractivity contribution >= 4 is 17.8 Å². The zero-order valence-corrected chi connectivity index (χ0v) is 25.0. The molecule has 0 spiro atoms. The molecule has 1 aliphatic rings. The molecule has 0 bridgehead atoms. The van der Waals surface area contributed by atoms with E-state index in [1.807, 2.05) is 60.7 Å². The summed E-state index contributed by atoms with van der Waals surface area (Å²) in [7, 11) is 0. The molecule has 232 valence electrons. The molecular formula is C35H46N2O6. The van der Waals surface area contributed by atoms with Crippen LogP contribution in [-0.4, -0.2) is 54.3 Å². The van der Waals surface area contributed by atoms with E-state index in [4.69, 9.17) is 9.47 Å². The van der Waals surface area contributed by atoms with Crippen LogP contribution in [0, 0.1) is 11.8 Å². The van der Waals surface area contributed by atoms with Crippen LogP contribution in [0.2, 0.25) is 0 Å². The molecule has 2 aromatic rings. The summed E-state index contributed by atoms with van der Waals surface area (Å²) < 4.78 is 11.6. The summed E-state index contributed by atoms with van der Waals surface area (Å²) >= 11 is 0. The molecule has 0 aliphatic heterocycles. The van der Waals surface area contributed by atoms with Gasteiger partial charge in [0, 0.05) is 6.42 Å². The van der Waals surface area contributed by atoms with Gasteiger partial charge in [0.2, 0.25) is 11.8 Å². The van der Waals surface area contributed by atoms with Gasteiger partial charge < -0.3 is 25.2 Å². The average Bonchev–Trinajstić information content (AvgIpc) is 3.49. The molecule has 0 unspecified atom stereocenters. The lowest BCUT2D eigenvalue weighted by molar-refractivity contribution is -0.150. The van der Waals surface area contributed by atoms with Crippen molar-refractivity contribution in [1.82, 2.24) is 10.6 Å². The molecule has 0 aromatic heterocycles. The van der Waals surface area contributed by atoms with Crippen molar-refractivity contribution in [3.8, 4) is 0 Å². The smallest absolute Gasteiger partial charge is 0.309 e. The van der Waals surface area contributed by atoms with Crippen molar-refractivity contribution in [2.75, 3.05) is 19.8 Å². The maximum Gasteiger partial charge on any atom is 0.309 e. The lowest BCUT2D eigenvalue weighted by Crippen LogP contribution is -2.50. The Balaban J connectivity index is 1.64. The van der Waals surface area contributed by atoms with Crippen molar-refractivity contribution in [3.63, 3.8) is 0 Å². The largest absolute Gasteiger partial charge is 0.463 e. The summed E-state index contributed by atoms with van der Waals surface area (Å²) in [6, 6.07) is 18.7. The Morgan fingerprint density at radius 1 is 0.884 bits per heavy atom. The van der Waals surface area contributed by atoms with E-state index in [2.05, 4.69) is 23.8 Å². The first-order chi connectivity index (χ1) is 20.9. The number of rotatable bonds is 19. The van der Waals surface area contributed by atoms with Crippen LogP contribution in [0.15, 0.2) is 86.0 Å². The Bertz CT molecular complexity index is 1160. The van der Waals surface area contributed by atoms with Crippen LogP contribution in [0.5, 0.6) is 0 Å². The summed E-state index contributed by atoms with van der Waals surface area (Å²) in [6.07, 6.45) is 7.86. The van der Waals surface area contributed by atoms with E-state index in [-0.39, 0.29) is 44.0 Å². The highest BCUT2D eigenvalue weighted by atomic mass is 16.5. The van der Waals surface area contributed by atoms with Gasteiger partial charge in [-0.15, -0.1) is 13.2 Å². The van der Waals surface area contributed by atoms with Crippen LogP contribution in [0.25, 0.3) is 0 Å². The second-order valence-electron chi connectivity index (χ2n) is 11.4. The Morgan fingerprint density at radius 2 is 1.49 bits per heavy atom. The molecule has 3 atom stereocenters. The summed E-state index contributed by atoms with van der Waals surface area (Å²) in [5, 5.41) is 15.8. The van der Waals surface area contributed by atoms with Gasteiger partial charge in [-0.25, -0.2) is 0 Å². The Labute approximate surface area is 255 Å². The Morgan fingerprint density at radius 3 is 2.09 bits per heavy atom. The number of hydrogen-bond acceptors (Lipinski definition) is 6. The second kappa shape index (κ2) is 18.0. The molecule has 1 saturated carbocycles. The number of allylic oxidation sites excluding steroid dienone is 2. The minimum atomic E-state index is -0.673. The van der Waals surface area contributed by atoms with Gasteiger partial charge in [-0.3, -0.25) is 14.4 Å². The fourth-order valence-corrected chi connectivity index (χ4v) is 5.44. The van der Waals surface area contributed by atoms with Gasteiger partial charge in [0.05, 0.1) is 43.2 Å². The number of carbonyl (C=O) groups excluding carboxylic acids is 3. The monoisotopic (exact) mass is 590 g/mol. The van der Waals surface area contributed by atoms with E-state index in [0.29, 0.717) is 25.9 Å². The first-order valence-corrected chi connectivity index (χ1v) is 15.1. The summed E-state index contributed by atoms with van der Waals surface area (Å²) in [4.78, 5) is 39.5. The molecule has 8 nitrogen and oxygen atoms in total. The lowest BCUT2D eigenvalue weighted by Gasteiger charge is -2.29. The van der Waals surface area contributed by atoms with E-state index in [0.717, 1.165) is 36.8 Å². The molecule has 0 heterocycles. The topological polar surface area (TPSA) is 114 Å². The van der Waals surface area contributed by atoms with Crippen LogP contribution < -0.4 is 10.6 Å². The number of carbonyl (C=O) groups is 3. The van der Waals surface area contributed by atoms with Gasteiger partial charge in [-0.1, -0.05) is 85.7 Å². The Hall–Kier alpha value is -3.75. The molecule has 2 amide bonds. The third-order valence-electron chi connectivity index (χ3n) is 7.83. The fraction of sp³-hybridized carbons (Fsp3) is 0.457. The van der Waals surface area contributed by atoms with Crippen LogP contribution >= 0.6 is 0 Å². The molecule has 3 N–H and O–H groups in total. The highest BCUT2D eigenvalue weighted by molar-refractivity contribution is 5.86. The lowest BCUT2D eigenvalue weighted by atomic mass is 9.95. The van der Waals surface area contributed by atoms with Crippen molar-refractivity contribution < 1.29 is 29.0 Å². The number of aliphatic hydroxyl groups excluding tert-OH is 1. The number of benzene rings is 2. The van der Waals surface area contributed by atoms with E-state index in [1.165, 1.54) is 0 Å². The van der Waals surface area contributed by atoms with Gasteiger partial charge in [0.1, 0.15) is 6.61 Å². The van der Waals surface area contributed by atoms with Gasteiger partial charge >= 0.3 is 5.97 Å². The molecule has 43 heavy (non-hydrogen) atoms. The molecule has 3 rings (SSSR count). The van der Waals surface area contributed by atoms with Crippen LogP contribution in [0.1, 0.15) is 56.1 Å². The maximum absolute atomic E-state index is 13.4. The number of ether oxygens (including phenoxy) is 2. The van der Waals surface area contributed by atoms with Gasteiger partial charge in [0.15, 0.2) is 0 Å². The molecule has 1 aliphatic carbocycles. The fourth-order valence-electron chi connectivity index (χ4n) is 5.44. The zero-order valence-electron chi connectivity index (χ0n) is 25.0. The molecule has 0 radical (unpaired) electrons. The molecule has 1 fully saturated rings. The van der Waals surface area contributed by atoms with E-state index >= 15 is 0 Å². The van der Waals surface area contributed by atoms with Gasteiger partial charge in [-0.05, 0) is 43.2 Å². The third kappa shape index (κ3) is 11.5. The third-order valence-corrected chi connectivity index (χ3v) is 7.83.